The maximum Gasteiger partial charge on any atom is 0.294 e. The van der Waals surface area contributed by atoms with E-state index in [0.29, 0.717) is 12.2 Å². The molecule has 0 radical (unpaired) electrons. The minimum absolute atomic E-state index is 0.0701. The number of nitrogens with zero attached hydrogens (tertiary/aromatic N) is 3. The Morgan fingerprint density at radius 1 is 1.10 bits per heavy atom. The van der Waals surface area contributed by atoms with Crippen LogP contribution in [0.5, 0.6) is 0 Å². The summed E-state index contributed by atoms with van der Waals surface area (Å²) in [5.74, 6) is 0. The third-order valence-corrected chi connectivity index (χ3v) is 2.57. The van der Waals surface area contributed by atoms with Gasteiger partial charge < -0.3 is 10.1 Å². The van der Waals surface area contributed by atoms with Gasteiger partial charge in [0, 0.05) is 18.4 Å². The van der Waals surface area contributed by atoms with E-state index in [1.807, 2.05) is 54.6 Å². The van der Waals surface area contributed by atoms with Crippen molar-refractivity contribution in [3.8, 4) is 0 Å². The second-order valence-corrected chi connectivity index (χ2v) is 4.28. The molecule has 0 heterocycles. The predicted molar refractivity (Wildman–Crippen MR) is 80.5 cm³/mol. The van der Waals surface area contributed by atoms with E-state index in [9.17, 15) is 4.79 Å². The van der Waals surface area contributed by atoms with E-state index in [4.69, 9.17) is 0 Å². The van der Waals surface area contributed by atoms with Crippen LogP contribution in [0.3, 0.4) is 0 Å². The Labute approximate surface area is 123 Å². The molecule has 0 spiro atoms. The summed E-state index contributed by atoms with van der Waals surface area (Å²) in [4.78, 5) is 10.0. The molecule has 21 heavy (non-hydrogen) atoms. The first-order chi connectivity index (χ1) is 10.3. The van der Waals surface area contributed by atoms with Gasteiger partial charge in [0.1, 0.15) is 0 Å². The van der Waals surface area contributed by atoms with E-state index >= 15 is 0 Å². The molecule has 0 amide bonds. The highest BCUT2D eigenvalue weighted by molar-refractivity contribution is 5.61. The third-order valence-electron chi connectivity index (χ3n) is 2.57. The number of carbonyl (C=O) groups is 1. The topological polar surface area (TPSA) is 66.3 Å². The lowest BCUT2D eigenvalue weighted by Gasteiger charge is -2.08. The minimum Gasteiger partial charge on any atom is -0.445 e. The number of rotatable bonds is 7. The Morgan fingerprint density at radius 3 is 2.43 bits per heavy atom. The summed E-state index contributed by atoms with van der Waals surface area (Å²) in [5.41, 5.74) is 2.71. The summed E-state index contributed by atoms with van der Waals surface area (Å²) in [6, 6.07) is 17.5. The SMILES string of the molecule is CN(COC=O)/N=N/c1ccc(Nc2ccccc2)cc1. The molecule has 0 aliphatic carbocycles. The molecule has 0 aliphatic rings. The summed E-state index contributed by atoms with van der Waals surface area (Å²) >= 11 is 0. The van der Waals surface area contributed by atoms with E-state index in [-0.39, 0.29) is 6.73 Å². The van der Waals surface area contributed by atoms with Crippen LogP contribution in [0.1, 0.15) is 0 Å². The third kappa shape index (κ3) is 4.94. The molecular formula is C15H16N4O2. The molecule has 1 N–H and O–H groups in total. The van der Waals surface area contributed by atoms with Crippen LogP contribution in [0, 0.1) is 0 Å². The Hall–Kier alpha value is -2.89. The van der Waals surface area contributed by atoms with Crippen LogP contribution >= 0.6 is 0 Å². The molecule has 0 atom stereocenters. The van der Waals surface area contributed by atoms with Gasteiger partial charge in [-0.2, -0.15) is 0 Å². The van der Waals surface area contributed by atoms with Gasteiger partial charge in [-0.25, -0.2) is 5.01 Å². The lowest BCUT2D eigenvalue weighted by molar-refractivity contribution is -0.132. The van der Waals surface area contributed by atoms with Gasteiger partial charge in [0.15, 0.2) is 6.73 Å². The molecule has 6 heteroatoms. The average Bonchev–Trinajstić information content (AvgIpc) is 2.53. The van der Waals surface area contributed by atoms with E-state index in [0.717, 1.165) is 11.4 Å². The van der Waals surface area contributed by atoms with Gasteiger partial charge >= 0.3 is 0 Å². The molecule has 2 rings (SSSR count). The number of nitrogens with one attached hydrogen (secondary N) is 1. The van der Waals surface area contributed by atoms with E-state index in [2.05, 4.69) is 20.4 Å². The quantitative estimate of drug-likeness (QED) is 0.366. The van der Waals surface area contributed by atoms with Crippen molar-refractivity contribution >= 4 is 23.5 Å². The Balaban J connectivity index is 1.92. The number of ether oxygens (including phenoxy) is 1. The van der Waals surface area contributed by atoms with Crippen LogP contribution in [0.4, 0.5) is 17.1 Å². The molecule has 0 unspecified atom stereocenters. The number of benzene rings is 2. The molecule has 0 saturated heterocycles. The molecule has 0 aliphatic heterocycles. The van der Waals surface area contributed by atoms with E-state index < -0.39 is 0 Å². The molecule has 0 saturated carbocycles. The summed E-state index contributed by atoms with van der Waals surface area (Å²) in [6.07, 6.45) is 0. The van der Waals surface area contributed by atoms with Crippen molar-refractivity contribution in [2.45, 2.75) is 0 Å². The minimum atomic E-state index is 0.0701. The maximum absolute atomic E-state index is 10.0. The summed E-state index contributed by atoms with van der Waals surface area (Å²) in [7, 11) is 1.67. The van der Waals surface area contributed by atoms with Crippen molar-refractivity contribution < 1.29 is 9.53 Å². The molecule has 0 aromatic heterocycles. The normalized spacial score (nSPS) is 10.3. The lowest BCUT2D eigenvalue weighted by Crippen LogP contribution is -2.13. The molecule has 108 valence electrons. The second kappa shape index (κ2) is 7.64. The van der Waals surface area contributed by atoms with Crippen molar-refractivity contribution in [2.75, 3.05) is 19.1 Å². The summed E-state index contributed by atoms with van der Waals surface area (Å²) in [6.45, 7) is 0.441. The van der Waals surface area contributed by atoms with E-state index in [1.54, 1.807) is 7.05 Å². The fourth-order valence-electron chi connectivity index (χ4n) is 1.59. The van der Waals surface area contributed by atoms with Gasteiger partial charge in [-0.3, -0.25) is 4.79 Å². The van der Waals surface area contributed by atoms with Crippen molar-refractivity contribution in [1.29, 1.82) is 0 Å². The zero-order chi connectivity index (χ0) is 14.9. The zero-order valence-electron chi connectivity index (χ0n) is 11.6. The van der Waals surface area contributed by atoms with Gasteiger partial charge in [0.05, 0.1) is 5.69 Å². The van der Waals surface area contributed by atoms with Gasteiger partial charge in [0.2, 0.25) is 0 Å². The Morgan fingerprint density at radius 2 is 1.76 bits per heavy atom. The van der Waals surface area contributed by atoms with Gasteiger partial charge in [-0.05, 0) is 36.4 Å². The van der Waals surface area contributed by atoms with E-state index in [1.165, 1.54) is 5.01 Å². The van der Waals surface area contributed by atoms with Crippen molar-refractivity contribution in [1.82, 2.24) is 5.01 Å². The fourth-order valence-corrected chi connectivity index (χ4v) is 1.59. The van der Waals surface area contributed by atoms with Gasteiger partial charge in [-0.15, -0.1) is 5.11 Å². The molecule has 0 fully saturated rings. The van der Waals surface area contributed by atoms with Crippen LogP contribution in [0.25, 0.3) is 0 Å². The number of anilines is 2. The predicted octanol–water partition coefficient (Wildman–Crippen LogP) is 3.49. The van der Waals surface area contributed by atoms with Crippen LogP contribution < -0.4 is 5.32 Å². The number of hydrogen-bond donors (Lipinski definition) is 1. The Kier molecular flexibility index (Phi) is 5.28. The van der Waals surface area contributed by atoms with Crippen molar-refractivity contribution in [3.05, 3.63) is 54.6 Å². The van der Waals surface area contributed by atoms with Crippen LogP contribution in [-0.2, 0) is 9.53 Å². The maximum atomic E-state index is 10.0. The number of para-hydroxylation sites is 1. The Bertz CT molecular complexity index is 584. The number of hydrogen-bond acceptors (Lipinski definition) is 5. The van der Waals surface area contributed by atoms with Crippen molar-refractivity contribution in [3.63, 3.8) is 0 Å². The molecule has 2 aromatic carbocycles. The largest absolute Gasteiger partial charge is 0.445 e. The smallest absolute Gasteiger partial charge is 0.294 e. The summed E-state index contributed by atoms with van der Waals surface area (Å²) < 4.78 is 4.55. The van der Waals surface area contributed by atoms with Crippen LogP contribution in [-0.4, -0.2) is 25.3 Å². The molecule has 0 bridgehead atoms. The monoisotopic (exact) mass is 284 g/mol. The second-order valence-electron chi connectivity index (χ2n) is 4.28. The van der Waals surface area contributed by atoms with Gasteiger partial charge in [-0.1, -0.05) is 23.4 Å². The van der Waals surface area contributed by atoms with Crippen molar-refractivity contribution in [2.24, 2.45) is 10.3 Å². The van der Waals surface area contributed by atoms with Crippen LogP contribution in [0.2, 0.25) is 0 Å². The highest BCUT2D eigenvalue weighted by Crippen LogP contribution is 2.20. The lowest BCUT2D eigenvalue weighted by atomic mass is 10.2. The van der Waals surface area contributed by atoms with Crippen LogP contribution in [0.15, 0.2) is 64.9 Å². The number of carbonyl (C=O) groups excluding carboxylic acids is 1. The zero-order valence-corrected chi connectivity index (χ0v) is 11.6. The first-order valence-corrected chi connectivity index (χ1v) is 6.38. The highest BCUT2D eigenvalue weighted by atomic mass is 16.5. The standard InChI is InChI=1S/C15H16N4O2/c1-19(11-21-12-20)18-17-15-9-7-14(8-10-15)16-13-5-3-2-4-6-13/h2-10,12,16H,11H2,1H3/b18-17+. The fraction of sp³-hybridized carbons (Fsp3) is 0.133. The average molecular weight is 284 g/mol. The highest BCUT2D eigenvalue weighted by Gasteiger charge is 1.96. The first-order valence-electron chi connectivity index (χ1n) is 6.38. The van der Waals surface area contributed by atoms with Gasteiger partial charge in [0.25, 0.3) is 6.47 Å². The molecule has 6 nitrogen and oxygen atoms in total. The first kappa shape index (κ1) is 14.5. The molecule has 2 aromatic rings. The molecular weight excluding hydrogens is 268 g/mol. The summed E-state index contributed by atoms with van der Waals surface area (Å²) in [5, 5.41) is 12.6.